The van der Waals surface area contributed by atoms with Crippen molar-refractivity contribution in [2.45, 2.75) is 18.9 Å². The van der Waals surface area contributed by atoms with Gasteiger partial charge < -0.3 is 9.84 Å². The quantitative estimate of drug-likeness (QED) is 0.698. The van der Waals surface area contributed by atoms with E-state index >= 15 is 0 Å². The van der Waals surface area contributed by atoms with Crippen molar-refractivity contribution >= 4 is 0 Å². The fourth-order valence-corrected chi connectivity index (χ4v) is 2.47. The smallest absolute Gasteiger partial charge is 0.406 e. The van der Waals surface area contributed by atoms with Gasteiger partial charge in [0.25, 0.3) is 0 Å². The molecule has 1 aromatic carbocycles. The topological polar surface area (TPSA) is 68.1 Å². The van der Waals surface area contributed by atoms with Crippen LogP contribution in [-0.4, -0.2) is 26.4 Å². The molecule has 0 aliphatic carbocycles. The molecule has 1 atom stereocenters. The molecule has 0 radical (unpaired) electrons. The molecule has 0 bridgehead atoms. The number of ether oxygens (including phenoxy) is 1. The summed E-state index contributed by atoms with van der Waals surface area (Å²) in [5, 5.41) is 10.7. The number of nitrogens with zero attached hydrogens (tertiary/aromatic N) is 3. The van der Waals surface area contributed by atoms with E-state index in [4.69, 9.17) is 0 Å². The number of aromatic nitrogens is 3. The van der Waals surface area contributed by atoms with E-state index in [9.17, 15) is 22.7 Å². The second-order valence-corrected chi connectivity index (χ2v) is 5.82. The van der Waals surface area contributed by atoms with E-state index in [1.54, 1.807) is 0 Å². The summed E-state index contributed by atoms with van der Waals surface area (Å²) in [5.74, 6) is -1.55. The highest BCUT2D eigenvalue weighted by Crippen LogP contribution is 2.31. The molecule has 0 spiro atoms. The zero-order valence-electron chi connectivity index (χ0n) is 13.9. The van der Waals surface area contributed by atoms with E-state index in [0.29, 0.717) is 17.2 Å². The van der Waals surface area contributed by atoms with Crippen LogP contribution in [0.1, 0.15) is 18.2 Å². The Morgan fingerprint density at radius 1 is 1.00 bits per heavy atom. The monoisotopic (exact) mass is 379 g/mol. The third-order valence-electron chi connectivity index (χ3n) is 3.87. The first-order chi connectivity index (χ1) is 12.7. The molecule has 3 rings (SSSR count). The summed E-state index contributed by atoms with van der Waals surface area (Å²) in [4.78, 5) is 11.8. The van der Waals surface area contributed by atoms with Gasteiger partial charge in [0.1, 0.15) is 23.5 Å². The highest BCUT2D eigenvalue weighted by Gasteiger charge is 2.31. The molecule has 0 aliphatic rings. The number of hydrogen-bond donors (Lipinski definition) is 1. The first kappa shape index (κ1) is 18.7. The Morgan fingerprint density at radius 2 is 1.70 bits per heavy atom. The van der Waals surface area contributed by atoms with Gasteiger partial charge in [0, 0.05) is 41.3 Å². The van der Waals surface area contributed by atoms with Crippen LogP contribution in [0.4, 0.5) is 17.6 Å². The second-order valence-electron chi connectivity index (χ2n) is 5.82. The van der Waals surface area contributed by atoms with Crippen LogP contribution in [-0.2, 0) is 5.60 Å². The molecule has 1 unspecified atom stereocenters. The van der Waals surface area contributed by atoms with Gasteiger partial charge in [0.2, 0.25) is 0 Å². The first-order valence-corrected chi connectivity index (χ1v) is 7.67. The van der Waals surface area contributed by atoms with Gasteiger partial charge in [0.15, 0.2) is 0 Å². The lowest BCUT2D eigenvalue weighted by molar-refractivity contribution is -0.274. The van der Waals surface area contributed by atoms with Gasteiger partial charge in [-0.25, -0.2) is 14.4 Å². The SMILES string of the molecule is CC(O)(c1cncnc1)c1ccc(-c2ccc(OC(F)(F)F)cc2F)cn1. The van der Waals surface area contributed by atoms with Gasteiger partial charge in [-0.05, 0) is 25.1 Å². The van der Waals surface area contributed by atoms with E-state index in [2.05, 4.69) is 19.7 Å². The molecule has 9 heteroatoms. The summed E-state index contributed by atoms with van der Waals surface area (Å²) >= 11 is 0. The fourth-order valence-electron chi connectivity index (χ4n) is 2.47. The molecule has 0 amide bonds. The lowest BCUT2D eigenvalue weighted by Crippen LogP contribution is -2.24. The summed E-state index contributed by atoms with van der Waals surface area (Å²) < 4.78 is 54.5. The van der Waals surface area contributed by atoms with Crippen molar-refractivity contribution in [2.75, 3.05) is 0 Å². The predicted octanol–water partition coefficient (Wildman–Crippen LogP) is 3.83. The van der Waals surface area contributed by atoms with Crippen LogP contribution < -0.4 is 4.74 Å². The average Bonchev–Trinajstić information content (AvgIpc) is 2.61. The van der Waals surface area contributed by atoms with Crippen molar-refractivity contribution in [1.82, 2.24) is 15.0 Å². The van der Waals surface area contributed by atoms with Gasteiger partial charge in [0.05, 0.1) is 5.69 Å². The molecule has 2 heterocycles. The maximum Gasteiger partial charge on any atom is 0.573 e. The van der Waals surface area contributed by atoms with Crippen LogP contribution in [0.5, 0.6) is 5.75 Å². The molecular formula is C18H13F4N3O2. The maximum absolute atomic E-state index is 14.2. The molecule has 140 valence electrons. The molecule has 0 saturated heterocycles. The van der Waals surface area contributed by atoms with E-state index in [1.807, 2.05) is 0 Å². The Morgan fingerprint density at radius 3 is 2.26 bits per heavy atom. The Labute approximate surface area is 151 Å². The van der Waals surface area contributed by atoms with Crippen molar-refractivity contribution in [3.63, 3.8) is 0 Å². The van der Waals surface area contributed by atoms with E-state index < -0.39 is 23.5 Å². The highest BCUT2D eigenvalue weighted by atomic mass is 19.4. The molecule has 2 aromatic heterocycles. The van der Waals surface area contributed by atoms with Crippen molar-refractivity contribution < 1.29 is 27.4 Å². The molecule has 0 aliphatic heterocycles. The van der Waals surface area contributed by atoms with Gasteiger partial charge in [-0.3, -0.25) is 4.98 Å². The van der Waals surface area contributed by atoms with Gasteiger partial charge >= 0.3 is 6.36 Å². The van der Waals surface area contributed by atoms with Crippen LogP contribution in [0.2, 0.25) is 0 Å². The number of alkyl halides is 3. The molecule has 1 N–H and O–H groups in total. The predicted molar refractivity (Wildman–Crippen MR) is 87.0 cm³/mol. The number of hydrogen-bond acceptors (Lipinski definition) is 5. The Hall–Kier alpha value is -3.07. The van der Waals surface area contributed by atoms with Crippen LogP contribution >= 0.6 is 0 Å². The largest absolute Gasteiger partial charge is 0.573 e. The number of benzene rings is 1. The minimum absolute atomic E-state index is 0.0475. The Balaban J connectivity index is 1.88. The van der Waals surface area contributed by atoms with Gasteiger partial charge in [-0.2, -0.15) is 0 Å². The van der Waals surface area contributed by atoms with Crippen molar-refractivity contribution in [1.29, 1.82) is 0 Å². The van der Waals surface area contributed by atoms with Gasteiger partial charge in [-0.1, -0.05) is 6.07 Å². The summed E-state index contributed by atoms with van der Waals surface area (Å²) in [5.41, 5.74) is -0.396. The lowest BCUT2D eigenvalue weighted by Gasteiger charge is -2.22. The zero-order chi connectivity index (χ0) is 19.7. The van der Waals surface area contributed by atoms with Crippen molar-refractivity contribution in [3.8, 4) is 16.9 Å². The minimum Gasteiger partial charge on any atom is -0.406 e. The number of rotatable bonds is 4. The van der Waals surface area contributed by atoms with Gasteiger partial charge in [-0.15, -0.1) is 13.2 Å². The third-order valence-corrected chi connectivity index (χ3v) is 3.87. The molecule has 3 aromatic rings. The summed E-state index contributed by atoms with van der Waals surface area (Å²) in [6, 6.07) is 5.81. The van der Waals surface area contributed by atoms with Crippen LogP contribution in [0.3, 0.4) is 0 Å². The molecule has 27 heavy (non-hydrogen) atoms. The fraction of sp³-hybridized carbons (Fsp3) is 0.167. The van der Waals surface area contributed by atoms with E-state index in [0.717, 1.165) is 12.1 Å². The van der Waals surface area contributed by atoms with E-state index in [-0.39, 0.29) is 11.3 Å². The van der Waals surface area contributed by atoms with Crippen LogP contribution in [0, 0.1) is 5.82 Å². The number of pyridine rings is 1. The second kappa shape index (κ2) is 6.92. The number of halogens is 4. The van der Waals surface area contributed by atoms with Crippen LogP contribution in [0.15, 0.2) is 55.2 Å². The van der Waals surface area contributed by atoms with Crippen molar-refractivity contribution in [2.24, 2.45) is 0 Å². The van der Waals surface area contributed by atoms with Crippen LogP contribution in [0.25, 0.3) is 11.1 Å². The zero-order valence-corrected chi connectivity index (χ0v) is 13.9. The summed E-state index contributed by atoms with van der Waals surface area (Å²) in [7, 11) is 0. The molecule has 0 fully saturated rings. The van der Waals surface area contributed by atoms with Crippen molar-refractivity contribution in [3.05, 3.63) is 72.3 Å². The Kier molecular flexibility index (Phi) is 4.79. The van der Waals surface area contributed by atoms with E-state index in [1.165, 1.54) is 44.0 Å². The summed E-state index contributed by atoms with van der Waals surface area (Å²) in [6.07, 6.45) is 0.633. The third kappa shape index (κ3) is 4.20. The maximum atomic E-state index is 14.2. The minimum atomic E-state index is -4.90. The molecule has 0 saturated carbocycles. The molecular weight excluding hydrogens is 366 g/mol. The standard InChI is InChI=1S/C18H13F4N3O2/c1-17(26,12-8-23-10-24-9-12)16-5-2-11(7-25-16)14-4-3-13(6-15(14)19)27-18(20,21)22/h2-10,26H,1H3. The summed E-state index contributed by atoms with van der Waals surface area (Å²) in [6.45, 7) is 1.51. The lowest BCUT2D eigenvalue weighted by atomic mass is 9.94. The highest BCUT2D eigenvalue weighted by molar-refractivity contribution is 5.64. The average molecular weight is 379 g/mol. The molecule has 5 nitrogen and oxygen atoms in total. The number of aliphatic hydroxyl groups is 1. The first-order valence-electron chi connectivity index (χ1n) is 7.67. The Bertz CT molecular complexity index is 930. The normalized spacial score (nSPS) is 13.9.